The largest absolute Gasteiger partial charge is 0.493 e. The summed E-state index contributed by atoms with van der Waals surface area (Å²) in [4.78, 5) is 16.4. The third kappa shape index (κ3) is 5.76. The van der Waals surface area contributed by atoms with Crippen LogP contribution < -0.4 is 9.47 Å². The molecule has 0 aliphatic heterocycles. The van der Waals surface area contributed by atoms with Gasteiger partial charge in [0.15, 0.2) is 17.3 Å². The Labute approximate surface area is 199 Å². The first-order chi connectivity index (χ1) is 16.6. The highest BCUT2D eigenvalue weighted by atomic mass is 16.5. The van der Waals surface area contributed by atoms with E-state index in [2.05, 4.69) is 22.0 Å². The lowest BCUT2D eigenvalue weighted by Crippen LogP contribution is -2.12. The number of methoxy groups -OCH3 is 2. The van der Waals surface area contributed by atoms with Crippen molar-refractivity contribution in [3.8, 4) is 34.8 Å². The summed E-state index contributed by atoms with van der Waals surface area (Å²) < 4.78 is 21.9. The lowest BCUT2D eigenvalue weighted by Gasteiger charge is -2.18. The van der Waals surface area contributed by atoms with Gasteiger partial charge in [0.1, 0.15) is 0 Å². The molecule has 0 radical (unpaired) electrons. The molecule has 1 aromatic heterocycles. The number of ether oxygens (including phenoxy) is 3. The molecule has 0 N–H and O–H groups in total. The average Bonchev–Trinajstić information content (AvgIpc) is 3.53. The summed E-state index contributed by atoms with van der Waals surface area (Å²) >= 11 is 0. The van der Waals surface area contributed by atoms with E-state index in [1.165, 1.54) is 20.0 Å². The first kappa shape index (κ1) is 23.4. The van der Waals surface area contributed by atoms with Crippen LogP contribution in [0.2, 0.25) is 0 Å². The Morgan fingerprint density at radius 3 is 2.68 bits per heavy atom. The second-order valence-corrected chi connectivity index (χ2v) is 8.26. The van der Waals surface area contributed by atoms with E-state index in [0.29, 0.717) is 23.2 Å². The molecule has 4 rings (SSSR count). The van der Waals surface area contributed by atoms with Gasteiger partial charge in [-0.15, -0.1) is 0 Å². The molecule has 34 heavy (non-hydrogen) atoms. The second-order valence-electron chi connectivity index (χ2n) is 8.26. The maximum Gasteiger partial charge on any atom is 0.307 e. The van der Waals surface area contributed by atoms with Gasteiger partial charge in [-0.1, -0.05) is 29.1 Å². The molecule has 176 valence electrons. The Morgan fingerprint density at radius 1 is 1.15 bits per heavy atom. The molecule has 1 saturated carbocycles. The monoisotopic (exact) mass is 460 g/mol. The number of nitrogens with zero attached hydrogens (tertiary/aromatic N) is 2. The summed E-state index contributed by atoms with van der Waals surface area (Å²) in [6.45, 7) is 1.77. The molecule has 0 amide bonds. The zero-order chi connectivity index (χ0) is 23.9. The Kier molecular flexibility index (Phi) is 7.48. The van der Waals surface area contributed by atoms with E-state index in [4.69, 9.17) is 18.7 Å². The molecule has 7 heteroatoms. The van der Waals surface area contributed by atoms with Crippen LogP contribution in [-0.2, 0) is 9.53 Å². The van der Waals surface area contributed by atoms with Crippen LogP contribution >= 0.6 is 0 Å². The van der Waals surface area contributed by atoms with Crippen LogP contribution in [0.3, 0.4) is 0 Å². The maximum absolute atomic E-state index is 12.2. The van der Waals surface area contributed by atoms with Crippen molar-refractivity contribution in [3.05, 3.63) is 59.4 Å². The molecule has 1 heterocycles. The number of carbonyl (C=O) groups excluding carboxylic acids is 1. The molecule has 0 spiro atoms. The standard InChI is InChI=1S/C27H28N2O5/c1-18-28-27(34-29-18)22-8-6-7-19(15-22)11-12-21(17-26(30)32-3)20-13-14-24(31-2)25(16-20)33-23-9-4-5-10-23/h6-8,13-16,21,23H,4-5,9-10,17H2,1-3H3/t21-/m0/s1. The normalized spacial score (nSPS) is 14.2. The highest BCUT2D eigenvalue weighted by Crippen LogP contribution is 2.35. The van der Waals surface area contributed by atoms with Gasteiger partial charge in [0.2, 0.25) is 0 Å². The number of benzene rings is 2. The van der Waals surface area contributed by atoms with Crippen molar-refractivity contribution in [1.82, 2.24) is 10.1 Å². The molecule has 0 unspecified atom stereocenters. The predicted octanol–water partition coefficient (Wildman–Crippen LogP) is 5.07. The minimum Gasteiger partial charge on any atom is -0.493 e. The third-order valence-corrected chi connectivity index (χ3v) is 5.81. The summed E-state index contributed by atoms with van der Waals surface area (Å²) in [5, 5.41) is 3.84. The molecule has 7 nitrogen and oxygen atoms in total. The summed E-state index contributed by atoms with van der Waals surface area (Å²) in [7, 11) is 3.01. The van der Waals surface area contributed by atoms with Gasteiger partial charge in [-0.05, 0) is 68.5 Å². The fourth-order valence-corrected chi connectivity index (χ4v) is 4.00. The first-order valence-electron chi connectivity index (χ1n) is 11.4. The molecule has 1 aliphatic rings. The predicted molar refractivity (Wildman–Crippen MR) is 127 cm³/mol. The van der Waals surface area contributed by atoms with Crippen LogP contribution in [-0.4, -0.2) is 36.4 Å². The number of hydrogen-bond acceptors (Lipinski definition) is 7. The minimum absolute atomic E-state index is 0.126. The Morgan fingerprint density at radius 2 is 1.97 bits per heavy atom. The molecule has 3 aromatic rings. The van der Waals surface area contributed by atoms with Crippen LogP contribution in [0.15, 0.2) is 47.0 Å². The van der Waals surface area contributed by atoms with Crippen molar-refractivity contribution in [2.24, 2.45) is 0 Å². The smallest absolute Gasteiger partial charge is 0.307 e. The zero-order valence-corrected chi connectivity index (χ0v) is 19.7. The molecule has 0 bridgehead atoms. The Balaban J connectivity index is 1.63. The van der Waals surface area contributed by atoms with E-state index < -0.39 is 0 Å². The number of aryl methyl sites for hydroxylation is 1. The highest BCUT2D eigenvalue weighted by Gasteiger charge is 2.21. The summed E-state index contributed by atoms with van der Waals surface area (Å²) in [6, 6.07) is 13.3. The van der Waals surface area contributed by atoms with Crippen molar-refractivity contribution < 1.29 is 23.5 Å². The van der Waals surface area contributed by atoms with E-state index in [1.54, 1.807) is 14.0 Å². The topological polar surface area (TPSA) is 83.7 Å². The molecule has 1 aliphatic carbocycles. The molecular weight excluding hydrogens is 432 g/mol. The van der Waals surface area contributed by atoms with Crippen LogP contribution in [0.4, 0.5) is 0 Å². The summed E-state index contributed by atoms with van der Waals surface area (Å²) in [5.74, 6) is 8.09. The molecular formula is C27H28N2O5. The fourth-order valence-electron chi connectivity index (χ4n) is 4.00. The zero-order valence-electron chi connectivity index (χ0n) is 19.7. The molecule has 1 atom stereocenters. The van der Waals surface area contributed by atoms with Gasteiger partial charge in [0.05, 0.1) is 32.7 Å². The fraction of sp³-hybridized carbons (Fsp3) is 0.370. The van der Waals surface area contributed by atoms with Crippen molar-refractivity contribution in [2.75, 3.05) is 14.2 Å². The van der Waals surface area contributed by atoms with Crippen molar-refractivity contribution >= 4 is 5.97 Å². The van der Waals surface area contributed by atoms with Gasteiger partial charge in [-0.25, -0.2) is 0 Å². The van der Waals surface area contributed by atoms with E-state index in [1.807, 2.05) is 42.5 Å². The van der Waals surface area contributed by atoms with Gasteiger partial charge in [0.25, 0.3) is 5.89 Å². The van der Waals surface area contributed by atoms with Gasteiger partial charge in [-0.2, -0.15) is 4.98 Å². The van der Waals surface area contributed by atoms with Crippen LogP contribution in [0.5, 0.6) is 11.5 Å². The number of esters is 1. The average molecular weight is 461 g/mol. The number of carbonyl (C=O) groups is 1. The lowest BCUT2D eigenvalue weighted by molar-refractivity contribution is -0.140. The Bertz CT molecular complexity index is 1200. The van der Waals surface area contributed by atoms with Crippen molar-refractivity contribution in [1.29, 1.82) is 0 Å². The summed E-state index contributed by atoms with van der Waals surface area (Å²) in [6.07, 6.45) is 4.73. The third-order valence-electron chi connectivity index (χ3n) is 5.81. The van der Waals surface area contributed by atoms with E-state index in [9.17, 15) is 4.79 Å². The van der Waals surface area contributed by atoms with Gasteiger partial charge in [0, 0.05) is 11.1 Å². The van der Waals surface area contributed by atoms with Crippen LogP contribution in [0, 0.1) is 18.8 Å². The number of rotatable bonds is 7. The number of hydrogen-bond donors (Lipinski definition) is 0. The SMILES string of the molecule is COC(=O)C[C@H](C#Cc1cccc(-c2nc(C)no2)c1)c1ccc(OC)c(OC2CCCC2)c1. The van der Waals surface area contributed by atoms with Gasteiger partial charge >= 0.3 is 5.97 Å². The molecule has 0 saturated heterocycles. The number of aromatic nitrogens is 2. The maximum atomic E-state index is 12.2. The van der Waals surface area contributed by atoms with Gasteiger partial charge < -0.3 is 18.7 Å². The lowest BCUT2D eigenvalue weighted by atomic mass is 9.95. The van der Waals surface area contributed by atoms with Crippen LogP contribution in [0.1, 0.15) is 55.0 Å². The van der Waals surface area contributed by atoms with Gasteiger partial charge in [-0.3, -0.25) is 4.79 Å². The first-order valence-corrected chi connectivity index (χ1v) is 11.4. The summed E-state index contributed by atoms with van der Waals surface area (Å²) in [5.41, 5.74) is 2.43. The van der Waals surface area contributed by atoms with E-state index in [-0.39, 0.29) is 24.4 Å². The molecule has 1 fully saturated rings. The van der Waals surface area contributed by atoms with Crippen molar-refractivity contribution in [2.45, 2.75) is 51.0 Å². The van der Waals surface area contributed by atoms with Crippen molar-refractivity contribution in [3.63, 3.8) is 0 Å². The highest BCUT2D eigenvalue weighted by molar-refractivity contribution is 5.71. The second kappa shape index (κ2) is 10.9. The van der Waals surface area contributed by atoms with Crippen LogP contribution in [0.25, 0.3) is 11.5 Å². The minimum atomic E-state index is -0.376. The van der Waals surface area contributed by atoms with E-state index in [0.717, 1.165) is 29.5 Å². The Hall–Kier alpha value is -3.79. The van der Waals surface area contributed by atoms with E-state index >= 15 is 0 Å². The quantitative estimate of drug-likeness (QED) is 0.359. The molecule has 2 aromatic carbocycles.